The van der Waals surface area contributed by atoms with E-state index in [9.17, 15) is 9.90 Å². The normalized spacial score (nSPS) is 11.3. The number of anilines is 1. The molecule has 0 atom stereocenters. The van der Waals surface area contributed by atoms with E-state index in [1.54, 1.807) is 24.4 Å². The molecule has 1 aromatic heterocycles. The lowest BCUT2D eigenvalue weighted by Gasteiger charge is -2.06. The van der Waals surface area contributed by atoms with Crippen LogP contribution in [-0.4, -0.2) is 28.8 Å². The Labute approximate surface area is 131 Å². The van der Waals surface area contributed by atoms with Crippen molar-refractivity contribution in [3.63, 3.8) is 0 Å². The number of hydrazone groups is 1. The molecule has 1 amide bonds. The van der Waals surface area contributed by atoms with E-state index in [2.05, 4.69) is 15.5 Å². The number of carbonyl (C=O) groups excluding carboxylic acids is 1. The van der Waals surface area contributed by atoms with Crippen LogP contribution in [0.25, 0.3) is 0 Å². The van der Waals surface area contributed by atoms with E-state index in [0.29, 0.717) is 22.3 Å². The number of hydrogen-bond acceptors (Lipinski definition) is 7. The number of methoxy groups -OCH3 is 1. The van der Waals surface area contributed by atoms with Gasteiger partial charge < -0.3 is 15.6 Å². The van der Waals surface area contributed by atoms with Gasteiger partial charge in [-0.3, -0.25) is 4.79 Å². The molecule has 0 spiro atoms. The van der Waals surface area contributed by atoms with Crippen molar-refractivity contribution < 1.29 is 14.6 Å². The highest BCUT2D eigenvalue weighted by Crippen LogP contribution is 2.26. The average molecular weight is 320 g/mol. The van der Waals surface area contributed by atoms with Gasteiger partial charge in [-0.25, -0.2) is 10.4 Å². The molecule has 1 heterocycles. The van der Waals surface area contributed by atoms with Crippen LogP contribution in [0.15, 0.2) is 28.7 Å². The highest BCUT2D eigenvalue weighted by Gasteiger charge is 2.08. The standard InChI is InChI=1S/C14H16N4O3S/c1-8(9-3-4-11(19)12(5-9)21-2)17-18-13(20)6-10-7-22-14(15)16-10/h3-5,7,19H,6H2,1-2H3,(H2,15,16)(H,18,20). The Kier molecular flexibility index (Phi) is 4.95. The lowest BCUT2D eigenvalue weighted by Crippen LogP contribution is -2.21. The number of aromatic nitrogens is 1. The second-order valence-electron chi connectivity index (χ2n) is 4.47. The van der Waals surface area contributed by atoms with Crippen LogP contribution in [-0.2, 0) is 11.2 Å². The quantitative estimate of drug-likeness (QED) is 0.571. The van der Waals surface area contributed by atoms with Crippen molar-refractivity contribution in [3.8, 4) is 11.5 Å². The Balaban J connectivity index is 2.01. The molecule has 22 heavy (non-hydrogen) atoms. The largest absolute Gasteiger partial charge is 0.504 e. The van der Waals surface area contributed by atoms with Gasteiger partial charge in [0.05, 0.1) is 24.9 Å². The Bertz CT molecular complexity index is 712. The first kappa shape index (κ1) is 15.8. The number of phenolic OH excluding ortho intramolecular Hbond substituents is 1. The molecule has 0 unspecified atom stereocenters. The first-order valence-corrected chi connectivity index (χ1v) is 7.28. The van der Waals surface area contributed by atoms with Crippen molar-refractivity contribution in [1.82, 2.24) is 10.4 Å². The first-order chi connectivity index (χ1) is 10.5. The van der Waals surface area contributed by atoms with E-state index >= 15 is 0 Å². The molecule has 0 bridgehead atoms. The van der Waals surface area contributed by atoms with E-state index in [1.165, 1.54) is 24.5 Å². The number of nitrogens with one attached hydrogen (secondary N) is 1. The number of benzene rings is 1. The third kappa shape index (κ3) is 3.95. The molecule has 0 fully saturated rings. The number of hydrogen-bond donors (Lipinski definition) is 3. The van der Waals surface area contributed by atoms with E-state index in [1.807, 2.05) is 0 Å². The summed E-state index contributed by atoms with van der Waals surface area (Å²) >= 11 is 1.29. The number of phenols is 1. The zero-order valence-electron chi connectivity index (χ0n) is 12.2. The van der Waals surface area contributed by atoms with Gasteiger partial charge in [0.2, 0.25) is 5.91 Å². The highest BCUT2D eigenvalue weighted by atomic mass is 32.1. The van der Waals surface area contributed by atoms with Crippen molar-refractivity contribution in [1.29, 1.82) is 0 Å². The second kappa shape index (κ2) is 6.90. The van der Waals surface area contributed by atoms with Crippen molar-refractivity contribution in [3.05, 3.63) is 34.8 Å². The zero-order chi connectivity index (χ0) is 16.1. The summed E-state index contributed by atoms with van der Waals surface area (Å²) in [4.78, 5) is 15.8. The van der Waals surface area contributed by atoms with Gasteiger partial charge in [0, 0.05) is 10.9 Å². The van der Waals surface area contributed by atoms with Gasteiger partial charge in [-0.1, -0.05) is 0 Å². The molecule has 2 aromatic rings. The van der Waals surface area contributed by atoms with Crippen LogP contribution in [0.2, 0.25) is 0 Å². The molecule has 0 saturated heterocycles. The number of ether oxygens (including phenoxy) is 1. The van der Waals surface area contributed by atoms with Crippen LogP contribution in [0.1, 0.15) is 18.2 Å². The summed E-state index contributed by atoms with van der Waals surface area (Å²) in [7, 11) is 1.46. The summed E-state index contributed by atoms with van der Waals surface area (Å²) in [6.07, 6.45) is 0.114. The fraction of sp³-hybridized carbons (Fsp3) is 0.214. The third-order valence-corrected chi connectivity index (χ3v) is 3.58. The average Bonchev–Trinajstić information content (AvgIpc) is 2.90. The predicted molar refractivity (Wildman–Crippen MR) is 85.2 cm³/mol. The molecule has 8 heteroatoms. The van der Waals surface area contributed by atoms with Crippen LogP contribution < -0.4 is 15.9 Å². The zero-order valence-corrected chi connectivity index (χ0v) is 13.0. The SMILES string of the molecule is COc1cc(C(C)=NNC(=O)Cc2csc(N)n2)ccc1O. The maximum Gasteiger partial charge on any atom is 0.246 e. The Morgan fingerprint density at radius 1 is 1.55 bits per heavy atom. The number of amides is 1. The number of aromatic hydroxyl groups is 1. The van der Waals surface area contributed by atoms with Gasteiger partial charge in [-0.15, -0.1) is 11.3 Å². The molecular weight excluding hydrogens is 304 g/mol. The maximum absolute atomic E-state index is 11.8. The topological polar surface area (TPSA) is 110 Å². The Hall–Kier alpha value is -2.61. The minimum absolute atomic E-state index is 0.0456. The fourth-order valence-electron chi connectivity index (χ4n) is 1.72. The van der Waals surface area contributed by atoms with E-state index in [-0.39, 0.29) is 18.1 Å². The number of nitrogen functional groups attached to an aromatic ring is 1. The van der Waals surface area contributed by atoms with Crippen molar-refractivity contribution in [2.24, 2.45) is 5.10 Å². The minimum Gasteiger partial charge on any atom is -0.504 e. The van der Waals surface area contributed by atoms with Crippen molar-refractivity contribution in [2.75, 3.05) is 12.8 Å². The fourth-order valence-corrected chi connectivity index (χ4v) is 2.28. The molecule has 0 aliphatic heterocycles. The van der Waals surface area contributed by atoms with Gasteiger partial charge in [0.15, 0.2) is 16.6 Å². The molecule has 116 valence electrons. The summed E-state index contributed by atoms with van der Waals surface area (Å²) in [6.45, 7) is 1.74. The number of carbonyl (C=O) groups is 1. The summed E-state index contributed by atoms with van der Waals surface area (Å²) < 4.78 is 5.03. The van der Waals surface area contributed by atoms with Crippen LogP contribution >= 0.6 is 11.3 Å². The molecule has 1 aromatic carbocycles. The van der Waals surface area contributed by atoms with Gasteiger partial charge in [-0.05, 0) is 25.1 Å². The van der Waals surface area contributed by atoms with Crippen molar-refractivity contribution >= 4 is 28.1 Å². The number of rotatable bonds is 5. The molecule has 7 nitrogen and oxygen atoms in total. The van der Waals surface area contributed by atoms with Gasteiger partial charge in [-0.2, -0.15) is 5.10 Å². The molecular formula is C14H16N4O3S. The molecule has 4 N–H and O–H groups in total. The van der Waals surface area contributed by atoms with Crippen LogP contribution in [0.5, 0.6) is 11.5 Å². The minimum atomic E-state index is -0.282. The van der Waals surface area contributed by atoms with E-state index in [4.69, 9.17) is 10.5 Å². The predicted octanol–water partition coefficient (Wildman–Crippen LogP) is 1.52. The van der Waals surface area contributed by atoms with E-state index < -0.39 is 0 Å². The monoisotopic (exact) mass is 320 g/mol. The van der Waals surface area contributed by atoms with Gasteiger partial charge in [0.1, 0.15) is 0 Å². The number of nitrogens with two attached hydrogens (primary N) is 1. The molecule has 0 aliphatic carbocycles. The Morgan fingerprint density at radius 3 is 2.95 bits per heavy atom. The third-order valence-electron chi connectivity index (χ3n) is 2.86. The first-order valence-electron chi connectivity index (χ1n) is 6.40. The maximum atomic E-state index is 11.8. The smallest absolute Gasteiger partial charge is 0.246 e. The summed E-state index contributed by atoms with van der Waals surface area (Å²) in [5.74, 6) is 0.107. The molecule has 2 rings (SSSR count). The van der Waals surface area contributed by atoms with Gasteiger partial charge in [0.25, 0.3) is 0 Å². The summed E-state index contributed by atoms with van der Waals surface area (Å²) in [5, 5.41) is 15.7. The molecule has 0 saturated carbocycles. The number of thiazole rings is 1. The molecule has 0 aliphatic rings. The Morgan fingerprint density at radius 2 is 2.32 bits per heavy atom. The van der Waals surface area contributed by atoms with Crippen LogP contribution in [0.4, 0.5) is 5.13 Å². The lowest BCUT2D eigenvalue weighted by atomic mass is 10.1. The van der Waals surface area contributed by atoms with Crippen molar-refractivity contribution in [2.45, 2.75) is 13.3 Å². The number of nitrogens with zero attached hydrogens (tertiary/aromatic N) is 2. The van der Waals surface area contributed by atoms with E-state index in [0.717, 1.165) is 5.56 Å². The summed E-state index contributed by atoms with van der Waals surface area (Å²) in [6, 6.07) is 4.83. The highest BCUT2D eigenvalue weighted by molar-refractivity contribution is 7.13. The summed E-state index contributed by atoms with van der Waals surface area (Å²) in [5.41, 5.74) is 9.90. The van der Waals surface area contributed by atoms with Gasteiger partial charge >= 0.3 is 0 Å². The second-order valence-corrected chi connectivity index (χ2v) is 5.36. The molecule has 0 radical (unpaired) electrons. The van der Waals surface area contributed by atoms with Crippen LogP contribution in [0, 0.1) is 0 Å². The lowest BCUT2D eigenvalue weighted by molar-refractivity contribution is -0.120. The van der Waals surface area contributed by atoms with Crippen LogP contribution in [0.3, 0.4) is 0 Å².